The Labute approximate surface area is 114 Å². The van der Waals surface area contributed by atoms with Crippen LogP contribution < -0.4 is 5.32 Å². The van der Waals surface area contributed by atoms with E-state index >= 15 is 0 Å². The van der Waals surface area contributed by atoms with Gasteiger partial charge in [0.15, 0.2) is 0 Å². The Morgan fingerprint density at radius 1 is 1.26 bits per heavy atom. The van der Waals surface area contributed by atoms with E-state index in [4.69, 9.17) is 0 Å². The summed E-state index contributed by atoms with van der Waals surface area (Å²) in [5.74, 6) is 0.542. The molecule has 1 N–H and O–H groups in total. The summed E-state index contributed by atoms with van der Waals surface area (Å²) in [6.45, 7) is 11.7. The van der Waals surface area contributed by atoms with E-state index in [2.05, 4.69) is 33.0 Å². The molecule has 0 aliphatic heterocycles. The molecule has 2 rings (SSSR count). The van der Waals surface area contributed by atoms with Gasteiger partial charge in [0.25, 0.3) is 5.69 Å². The highest BCUT2D eigenvalue weighted by molar-refractivity contribution is 5.62. The van der Waals surface area contributed by atoms with Crippen LogP contribution >= 0.6 is 0 Å². The van der Waals surface area contributed by atoms with Gasteiger partial charge in [-0.25, -0.2) is 0 Å². The molecule has 0 amide bonds. The number of hydrogen-bond acceptors (Lipinski definition) is 3. The van der Waals surface area contributed by atoms with Gasteiger partial charge in [-0.05, 0) is 35.3 Å². The third-order valence-electron chi connectivity index (χ3n) is 5.17. The lowest BCUT2D eigenvalue weighted by Crippen LogP contribution is -2.09. The first-order valence-electron chi connectivity index (χ1n) is 6.67. The molecule has 0 radical (unpaired) electrons. The van der Waals surface area contributed by atoms with Crippen LogP contribution in [0.15, 0.2) is 18.2 Å². The van der Waals surface area contributed by atoms with Crippen molar-refractivity contribution < 1.29 is 4.92 Å². The molecule has 0 atom stereocenters. The molecule has 0 unspecified atom stereocenters. The van der Waals surface area contributed by atoms with Crippen molar-refractivity contribution in [3.8, 4) is 0 Å². The van der Waals surface area contributed by atoms with E-state index in [0.717, 1.165) is 12.1 Å². The second-order valence-corrected chi connectivity index (χ2v) is 6.65. The van der Waals surface area contributed by atoms with Crippen LogP contribution in [0.25, 0.3) is 0 Å². The van der Waals surface area contributed by atoms with E-state index in [1.165, 1.54) is 0 Å². The van der Waals surface area contributed by atoms with E-state index in [9.17, 15) is 10.1 Å². The van der Waals surface area contributed by atoms with E-state index in [1.54, 1.807) is 12.1 Å². The minimum absolute atomic E-state index is 0.155. The maximum atomic E-state index is 11.0. The smallest absolute Gasteiger partial charge is 0.292 e. The predicted molar refractivity (Wildman–Crippen MR) is 77.4 cm³/mol. The Bertz CT molecular complexity index is 507. The van der Waals surface area contributed by atoms with Crippen LogP contribution in [0.5, 0.6) is 0 Å². The number of aryl methyl sites for hydroxylation is 1. The van der Waals surface area contributed by atoms with E-state index in [1.807, 2.05) is 13.0 Å². The number of benzene rings is 1. The number of hydrogen-bond donors (Lipinski definition) is 1. The van der Waals surface area contributed by atoms with Crippen molar-refractivity contribution >= 4 is 11.4 Å². The van der Waals surface area contributed by atoms with Crippen molar-refractivity contribution in [2.75, 3.05) is 11.9 Å². The van der Waals surface area contributed by atoms with Gasteiger partial charge in [-0.3, -0.25) is 10.1 Å². The highest BCUT2D eigenvalue weighted by Gasteiger charge is 2.64. The van der Waals surface area contributed by atoms with Crippen LogP contribution in [0.2, 0.25) is 0 Å². The summed E-state index contributed by atoms with van der Waals surface area (Å²) in [6.07, 6.45) is 0. The molecule has 1 aliphatic rings. The maximum Gasteiger partial charge on any atom is 0.292 e. The van der Waals surface area contributed by atoms with Crippen LogP contribution in [-0.4, -0.2) is 11.5 Å². The predicted octanol–water partition coefficient (Wildman–Crippen LogP) is 4.00. The first-order chi connectivity index (χ1) is 8.68. The Hall–Kier alpha value is -1.58. The van der Waals surface area contributed by atoms with Gasteiger partial charge < -0.3 is 5.32 Å². The molecule has 0 bridgehead atoms. The number of nitrogens with one attached hydrogen (secondary N) is 1. The summed E-state index contributed by atoms with van der Waals surface area (Å²) in [6, 6.07) is 5.19. The molecule has 4 heteroatoms. The lowest BCUT2D eigenvalue weighted by Gasteiger charge is -2.09. The van der Waals surface area contributed by atoms with Gasteiger partial charge in [-0.1, -0.05) is 33.8 Å². The zero-order valence-electron chi connectivity index (χ0n) is 12.3. The number of anilines is 1. The molecular formula is C15H22N2O2. The molecule has 4 nitrogen and oxygen atoms in total. The lowest BCUT2D eigenvalue weighted by molar-refractivity contribution is -0.384. The third-order valence-corrected chi connectivity index (χ3v) is 5.17. The molecule has 19 heavy (non-hydrogen) atoms. The topological polar surface area (TPSA) is 55.2 Å². The van der Waals surface area contributed by atoms with Crippen LogP contribution in [0.4, 0.5) is 11.4 Å². The Kier molecular flexibility index (Phi) is 3.07. The fourth-order valence-electron chi connectivity index (χ4n) is 3.01. The summed E-state index contributed by atoms with van der Waals surface area (Å²) in [7, 11) is 0. The molecule has 0 heterocycles. The Balaban J connectivity index is 2.13. The summed E-state index contributed by atoms with van der Waals surface area (Å²) < 4.78 is 0. The SMILES string of the molecule is Cc1ccc([N+](=O)[O-])c(NCC2C(C)(C)C2(C)C)c1. The van der Waals surface area contributed by atoms with E-state index in [0.29, 0.717) is 22.4 Å². The lowest BCUT2D eigenvalue weighted by atomic mass is 10.0. The van der Waals surface area contributed by atoms with Gasteiger partial charge in [0.1, 0.15) is 5.69 Å². The van der Waals surface area contributed by atoms with Crippen LogP contribution in [0, 0.1) is 33.8 Å². The molecule has 1 aromatic rings. The summed E-state index contributed by atoms with van der Waals surface area (Å²) in [4.78, 5) is 10.7. The molecule has 1 saturated carbocycles. The Morgan fingerprint density at radius 3 is 2.32 bits per heavy atom. The maximum absolute atomic E-state index is 11.0. The van der Waals surface area contributed by atoms with Gasteiger partial charge >= 0.3 is 0 Å². The van der Waals surface area contributed by atoms with Gasteiger partial charge in [0.2, 0.25) is 0 Å². The highest BCUT2D eigenvalue weighted by Crippen LogP contribution is 2.68. The molecule has 1 aliphatic carbocycles. The van der Waals surface area contributed by atoms with Crippen molar-refractivity contribution in [1.82, 2.24) is 0 Å². The van der Waals surface area contributed by atoms with E-state index < -0.39 is 0 Å². The molecule has 1 fully saturated rings. The van der Waals surface area contributed by atoms with Crippen LogP contribution in [0.1, 0.15) is 33.3 Å². The minimum atomic E-state index is -0.328. The molecular weight excluding hydrogens is 240 g/mol. The average molecular weight is 262 g/mol. The van der Waals surface area contributed by atoms with Crippen LogP contribution in [-0.2, 0) is 0 Å². The van der Waals surface area contributed by atoms with E-state index in [-0.39, 0.29) is 10.6 Å². The fraction of sp³-hybridized carbons (Fsp3) is 0.600. The monoisotopic (exact) mass is 262 g/mol. The van der Waals surface area contributed by atoms with Crippen molar-refractivity contribution in [2.24, 2.45) is 16.7 Å². The first kappa shape index (κ1) is 13.8. The van der Waals surface area contributed by atoms with Crippen molar-refractivity contribution in [3.05, 3.63) is 33.9 Å². The normalized spacial score (nSPS) is 20.1. The number of nitrogens with zero attached hydrogens (tertiary/aromatic N) is 1. The zero-order chi connectivity index (χ0) is 14.4. The van der Waals surface area contributed by atoms with Crippen molar-refractivity contribution in [1.29, 1.82) is 0 Å². The quantitative estimate of drug-likeness (QED) is 0.659. The van der Waals surface area contributed by atoms with Gasteiger partial charge in [0, 0.05) is 12.6 Å². The molecule has 0 aromatic heterocycles. The Morgan fingerprint density at radius 2 is 1.84 bits per heavy atom. The minimum Gasteiger partial charge on any atom is -0.379 e. The highest BCUT2D eigenvalue weighted by atomic mass is 16.6. The van der Waals surface area contributed by atoms with Gasteiger partial charge in [-0.2, -0.15) is 0 Å². The number of rotatable bonds is 4. The number of nitro benzene ring substituents is 1. The van der Waals surface area contributed by atoms with Gasteiger partial charge in [0.05, 0.1) is 4.92 Å². The van der Waals surface area contributed by atoms with Crippen molar-refractivity contribution in [2.45, 2.75) is 34.6 Å². The molecule has 0 spiro atoms. The summed E-state index contributed by atoms with van der Waals surface area (Å²) in [5, 5.41) is 14.3. The second-order valence-electron chi connectivity index (χ2n) is 6.65. The summed E-state index contributed by atoms with van der Waals surface area (Å²) >= 11 is 0. The zero-order valence-corrected chi connectivity index (χ0v) is 12.3. The largest absolute Gasteiger partial charge is 0.379 e. The molecule has 1 aromatic carbocycles. The molecule has 0 saturated heterocycles. The third kappa shape index (κ3) is 2.20. The van der Waals surface area contributed by atoms with Gasteiger partial charge in [-0.15, -0.1) is 0 Å². The fourth-order valence-corrected chi connectivity index (χ4v) is 3.01. The van der Waals surface area contributed by atoms with Crippen molar-refractivity contribution in [3.63, 3.8) is 0 Å². The first-order valence-corrected chi connectivity index (χ1v) is 6.67. The second kappa shape index (κ2) is 4.22. The number of nitro groups is 1. The summed E-state index contributed by atoms with van der Waals surface area (Å²) in [5.41, 5.74) is 2.39. The average Bonchev–Trinajstić information content (AvgIpc) is 2.66. The van der Waals surface area contributed by atoms with Crippen LogP contribution in [0.3, 0.4) is 0 Å². The molecule has 104 valence electrons. The standard InChI is InChI=1S/C15H22N2O2/c1-10-6-7-12(17(18)19)11(8-10)16-9-13-14(2,3)15(13,4)5/h6-8,13,16H,9H2,1-5H3.